The number of carbonyl (C=O) groups is 2. The van der Waals surface area contributed by atoms with Crippen LogP contribution >= 0.6 is 0 Å². The Morgan fingerprint density at radius 1 is 0.848 bits per heavy atom. The number of fused-ring (bicyclic) bond motifs is 1. The Bertz CT molecular complexity index is 1270. The lowest BCUT2D eigenvalue weighted by Gasteiger charge is -2.28. The van der Waals surface area contributed by atoms with Crippen LogP contribution in [-0.4, -0.2) is 22.8 Å². The molecule has 2 fully saturated rings. The molecule has 8 nitrogen and oxygen atoms in total. The Morgan fingerprint density at radius 2 is 1.55 bits per heavy atom. The molecule has 2 aliphatic heterocycles. The molecule has 2 aliphatic rings. The monoisotopic (exact) mass is 443 g/mol. The summed E-state index contributed by atoms with van der Waals surface area (Å²) in [6.45, 7) is 3.85. The summed E-state index contributed by atoms with van der Waals surface area (Å²) in [4.78, 5) is 45.0. The van der Waals surface area contributed by atoms with E-state index in [0.29, 0.717) is 11.4 Å². The van der Waals surface area contributed by atoms with Crippen LogP contribution in [0, 0.1) is 29.9 Å². The molecule has 0 bridgehead atoms. The van der Waals surface area contributed by atoms with Gasteiger partial charge in [-0.3, -0.25) is 24.5 Å². The Balaban J connectivity index is 1.60. The molecule has 0 radical (unpaired) electrons. The summed E-state index contributed by atoms with van der Waals surface area (Å²) in [6, 6.07) is 20.2. The molecule has 0 spiro atoms. The molecule has 0 aromatic heterocycles. The quantitative estimate of drug-likeness (QED) is 0.340. The van der Waals surface area contributed by atoms with Gasteiger partial charge < -0.3 is 0 Å². The number of rotatable bonds is 4. The lowest BCUT2D eigenvalue weighted by atomic mass is 9.90. The molecule has 3 aromatic rings. The highest BCUT2D eigenvalue weighted by Crippen LogP contribution is 2.48. The number of nitrogens with zero attached hydrogens (tertiary/aromatic N) is 3. The van der Waals surface area contributed by atoms with Gasteiger partial charge in [0.2, 0.25) is 5.91 Å². The predicted octanol–water partition coefficient (Wildman–Crippen LogP) is 4.26. The smallest absolute Gasteiger partial charge is 0.271 e. The summed E-state index contributed by atoms with van der Waals surface area (Å²) in [5, 5.41) is 12.8. The lowest BCUT2D eigenvalue weighted by Crippen LogP contribution is -2.37. The van der Waals surface area contributed by atoms with Crippen LogP contribution in [0.4, 0.5) is 17.1 Å². The number of nitro benzene ring substituents is 1. The minimum absolute atomic E-state index is 0.102. The molecule has 8 heteroatoms. The van der Waals surface area contributed by atoms with Gasteiger partial charge in [-0.2, -0.15) is 0 Å². The van der Waals surface area contributed by atoms with Crippen molar-refractivity contribution in [1.29, 1.82) is 0 Å². The molecule has 0 saturated carbocycles. The number of aryl methyl sites for hydroxylation is 2. The second-order valence-electron chi connectivity index (χ2n) is 8.36. The van der Waals surface area contributed by atoms with E-state index >= 15 is 0 Å². The highest BCUT2D eigenvalue weighted by atomic mass is 16.7. The number of hydrogen-bond acceptors (Lipinski definition) is 6. The van der Waals surface area contributed by atoms with Gasteiger partial charge in [0.15, 0.2) is 6.10 Å². The molecule has 3 atom stereocenters. The van der Waals surface area contributed by atoms with E-state index in [1.165, 1.54) is 22.1 Å². The Morgan fingerprint density at radius 3 is 2.24 bits per heavy atom. The summed E-state index contributed by atoms with van der Waals surface area (Å²) in [5.41, 5.74) is 3.58. The molecule has 166 valence electrons. The number of imide groups is 1. The molecule has 2 heterocycles. The fraction of sp³-hybridized carbons (Fsp3) is 0.200. The summed E-state index contributed by atoms with van der Waals surface area (Å²) in [7, 11) is 0. The Labute approximate surface area is 190 Å². The third-order valence-electron chi connectivity index (χ3n) is 6.09. The van der Waals surface area contributed by atoms with Gasteiger partial charge in [0.25, 0.3) is 11.6 Å². The van der Waals surface area contributed by atoms with Crippen LogP contribution in [0.3, 0.4) is 0 Å². The molecule has 33 heavy (non-hydrogen) atoms. The minimum atomic E-state index is -1.02. The minimum Gasteiger partial charge on any atom is -0.273 e. The number of amides is 2. The Kier molecular flexibility index (Phi) is 4.94. The van der Waals surface area contributed by atoms with E-state index in [2.05, 4.69) is 0 Å². The predicted molar refractivity (Wildman–Crippen MR) is 122 cm³/mol. The van der Waals surface area contributed by atoms with Crippen molar-refractivity contribution >= 4 is 28.9 Å². The van der Waals surface area contributed by atoms with Gasteiger partial charge in [-0.05, 0) is 43.2 Å². The summed E-state index contributed by atoms with van der Waals surface area (Å²) in [6.07, 6.45) is -1.02. The van der Waals surface area contributed by atoms with Crippen molar-refractivity contribution in [2.24, 2.45) is 5.92 Å². The van der Waals surface area contributed by atoms with E-state index in [9.17, 15) is 19.7 Å². The van der Waals surface area contributed by atoms with Crippen LogP contribution in [0.5, 0.6) is 0 Å². The van der Waals surface area contributed by atoms with Crippen LogP contribution < -0.4 is 9.96 Å². The fourth-order valence-corrected chi connectivity index (χ4v) is 4.51. The standard InChI is InChI=1S/C25H21N3O5/c1-15-9-11-17(12-10-15)22-21-23(33-27(22)19-7-4-8-20(14-19)28(31)32)25(30)26(24(21)29)18-6-3-5-16(2)13-18/h3-14,21-23H,1-2H3. The van der Waals surface area contributed by atoms with Gasteiger partial charge in [-0.1, -0.05) is 48.0 Å². The number of hydrogen-bond donors (Lipinski definition) is 0. The highest BCUT2D eigenvalue weighted by Gasteiger charge is 2.60. The largest absolute Gasteiger partial charge is 0.273 e. The maximum absolute atomic E-state index is 13.6. The van der Waals surface area contributed by atoms with E-state index in [1.54, 1.807) is 30.3 Å². The molecule has 0 N–H and O–H groups in total. The van der Waals surface area contributed by atoms with Gasteiger partial charge in [-0.15, -0.1) is 0 Å². The van der Waals surface area contributed by atoms with Crippen LogP contribution in [0.1, 0.15) is 22.7 Å². The molecule has 0 aliphatic carbocycles. The second kappa shape index (κ2) is 7.83. The van der Waals surface area contributed by atoms with Gasteiger partial charge in [-0.25, -0.2) is 9.96 Å². The first-order chi connectivity index (χ1) is 15.8. The first kappa shape index (κ1) is 20.8. The van der Waals surface area contributed by atoms with E-state index in [1.807, 2.05) is 44.2 Å². The fourth-order valence-electron chi connectivity index (χ4n) is 4.51. The van der Waals surface area contributed by atoms with Gasteiger partial charge in [0.05, 0.1) is 22.3 Å². The number of carbonyl (C=O) groups excluding carboxylic acids is 2. The van der Waals surface area contributed by atoms with Crippen molar-refractivity contribution in [3.05, 3.63) is 99.6 Å². The number of nitro groups is 1. The van der Waals surface area contributed by atoms with Crippen LogP contribution in [-0.2, 0) is 14.4 Å². The van der Waals surface area contributed by atoms with Crippen molar-refractivity contribution in [1.82, 2.24) is 0 Å². The zero-order valence-corrected chi connectivity index (χ0v) is 18.0. The second-order valence-corrected chi connectivity index (χ2v) is 8.36. The number of non-ortho nitro benzene ring substituents is 1. The highest BCUT2D eigenvalue weighted by molar-refractivity contribution is 6.24. The maximum atomic E-state index is 13.6. The average Bonchev–Trinajstić information content (AvgIpc) is 3.30. The first-order valence-electron chi connectivity index (χ1n) is 10.6. The SMILES string of the molecule is Cc1ccc(C2C3C(=O)N(c4cccc(C)c4)C(=O)C3ON2c2cccc([N+](=O)[O-])c2)cc1. The average molecular weight is 443 g/mol. The van der Waals surface area contributed by atoms with E-state index in [-0.39, 0.29) is 11.6 Å². The zero-order valence-electron chi connectivity index (χ0n) is 18.0. The first-order valence-corrected chi connectivity index (χ1v) is 10.6. The number of anilines is 2. The van der Waals surface area contributed by atoms with Crippen molar-refractivity contribution in [3.8, 4) is 0 Å². The lowest BCUT2D eigenvalue weighted by molar-refractivity contribution is -0.384. The van der Waals surface area contributed by atoms with E-state index in [0.717, 1.165) is 16.7 Å². The summed E-state index contributed by atoms with van der Waals surface area (Å²) < 4.78 is 0. The third-order valence-corrected chi connectivity index (χ3v) is 6.09. The van der Waals surface area contributed by atoms with Crippen LogP contribution in [0.2, 0.25) is 0 Å². The van der Waals surface area contributed by atoms with Crippen LogP contribution in [0.15, 0.2) is 72.8 Å². The van der Waals surface area contributed by atoms with E-state index in [4.69, 9.17) is 4.84 Å². The maximum Gasteiger partial charge on any atom is 0.271 e. The van der Waals surface area contributed by atoms with Crippen molar-refractivity contribution in [2.45, 2.75) is 26.0 Å². The van der Waals surface area contributed by atoms with Crippen LogP contribution in [0.25, 0.3) is 0 Å². The van der Waals surface area contributed by atoms with Crippen molar-refractivity contribution in [2.75, 3.05) is 9.96 Å². The number of hydroxylamine groups is 1. The molecular weight excluding hydrogens is 422 g/mol. The number of benzene rings is 3. The summed E-state index contributed by atoms with van der Waals surface area (Å²) in [5.74, 6) is -1.59. The van der Waals surface area contributed by atoms with Crippen molar-refractivity contribution in [3.63, 3.8) is 0 Å². The molecule has 2 amide bonds. The summed E-state index contributed by atoms with van der Waals surface area (Å²) >= 11 is 0. The van der Waals surface area contributed by atoms with Gasteiger partial charge >= 0.3 is 0 Å². The van der Waals surface area contributed by atoms with Crippen molar-refractivity contribution < 1.29 is 19.3 Å². The molecule has 2 saturated heterocycles. The molecule has 3 aromatic carbocycles. The Hall–Kier alpha value is -4.04. The van der Waals surface area contributed by atoms with Gasteiger partial charge in [0, 0.05) is 12.1 Å². The zero-order chi connectivity index (χ0) is 23.3. The third kappa shape index (κ3) is 3.44. The molecule has 5 rings (SSSR count). The topological polar surface area (TPSA) is 93.0 Å². The molecular formula is C25H21N3O5. The molecule has 3 unspecified atom stereocenters. The van der Waals surface area contributed by atoms with Gasteiger partial charge in [0.1, 0.15) is 5.92 Å². The van der Waals surface area contributed by atoms with E-state index < -0.39 is 28.9 Å². The normalized spacial score (nSPS) is 22.1.